The number of β-amino-alcohol motifs (C(OH)–C–C–N with tert-alkyl or cyclic N) is 1. The van der Waals surface area contributed by atoms with Crippen LogP contribution < -0.4 is 14.8 Å². The molecule has 1 aliphatic rings. The second-order valence-corrected chi connectivity index (χ2v) is 9.32. The van der Waals surface area contributed by atoms with Crippen molar-refractivity contribution in [3.63, 3.8) is 0 Å². The van der Waals surface area contributed by atoms with Gasteiger partial charge >= 0.3 is 0 Å². The highest BCUT2D eigenvalue weighted by molar-refractivity contribution is 5.85. The molecule has 2 atom stereocenters. The number of ether oxygens (including phenoxy) is 2. The zero-order chi connectivity index (χ0) is 25.1. The fourth-order valence-electron chi connectivity index (χ4n) is 4.84. The van der Waals surface area contributed by atoms with Crippen LogP contribution >= 0.6 is 0 Å². The van der Waals surface area contributed by atoms with Gasteiger partial charge in [0, 0.05) is 29.2 Å². The van der Waals surface area contributed by atoms with Crippen LogP contribution in [0, 0.1) is 17.1 Å². The lowest BCUT2D eigenvalue weighted by Gasteiger charge is -2.30. The summed E-state index contributed by atoms with van der Waals surface area (Å²) in [7, 11) is 0. The molecule has 6 nitrogen and oxygen atoms in total. The predicted molar refractivity (Wildman–Crippen MR) is 136 cm³/mol. The molecule has 5 rings (SSSR count). The topological polar surface area (TPSA) is 90.3 Å². The molecule has 0 radical (unpaired) electrons. The SMILES string of the molecule is CCC1(NCC(O)COc2cccc3[nH]ccc23)Cc2ccc(Oc3ccc(C#N)cc3F)cc2C1. The molecule has 0 spiro atoms. The summed E-state index contributed by atoms with van der Waals surface area (Å²) in [6.45, 7) is 2.74. The number of benzene rings is 3. The van der Waals surface area contributed by atoms with Crippen molar-refractivity contribution >= 4 is 10.9 Å². The van der Waals surface area contributed by atoms with Gasteiger partial charge in [0.15, 0.2) is 11.6 Å². The maximum absolute atomic E-state index is 14.3. The first-order chi connectivity index (χ1) is 17.5. The molecule has 0 aliphatic heterocycles. The number of aromatic nitrogens is 1. The molecule has 0 bridgehead atoms. The van der Waals surface area contributed by atoms with E-state index in [1.807, 2.05) is 54.7 Å². The number of nitriles is 1. The van der Waals surface area contributed by atoms with Gasteiger partial charge in [0.2, 0.25) is 0 Å². The lowest BCUT2D eigenvalue weighted by Crippen LogP contribution is -2.49. The Morgan fingerprint density at radius 1 is 1.11 bits per heavy atom. The third-order valence-electron chi connectivity index (χ3n) is 6.90. The zero-order valence-corrected chi connectivity index (χ0v) is 20.1. The van der Waals surface area contributed by atoms with E-state index in [0.29, 0.717) is 12.3 Å². The van der Waals surface area contributed by atoms with Crippen molar-refractivity contribution in [1.82, 2.24) is 10.3 Å². The van der Waals surface area contributed by atoms with Crippen LogP contribution in [0.2, 0.25) is 0 Å². The monoisotopic (exact) mass is 485 g/mol. The quantitative estimate of drug-likeness (QED) is 0.301. The Hall–Kier alpha value is -3.86. The van der Waals surface area contributed by atoms with Crippen LogP contribution in [0.4, 0.5) is 4.39 Å². The average molecular weight is 486 g/mol. The first-order valence-corrected chi connectivity index (χ1v) is 12.1. The smallest absolute Gasteiger partial charge is 0.167 e. The van der Waals surface area contributed by atoms with Gasteiger partial charge in [0.1, 0.15) is 24.2 Å². The number of nitrogens with one attached hydrogen (secondary N) is 2. The number of aliphatic hydroxyl groups is 1. The molecule has 0 amide bonds. The third-order valence-corrected chi connectivity index (χ3v) is 6.90. The minimum Gasteiger partial charge on any atom is -0.490 e. The normalized spacial score (nSPS) is 17.5. The summed E-state index contributed by atoms with van der Waals surface area (Å²) in [5, 5.41) is 24.1. The highest BCUT2D eigenvalue weighted by Crippen LogP contribution is 2.36. The molecule has 1 heterocycles. The van der Waals surface area contributed by atoms with Gasteiger partial charge in [0.25, 0.3) is 0 Å². The Morgan fingerprint density at radius 2 is 1.97 bits per heavy atom. The summed E-state index contributed by atoms with van der Waals surface area (Å²) >= 11 is 0. The van der Waals surface area contributed by atoms with E-state index in [1.54, 1.807) is 0 Å². The molecule has 0 saturated carbocycles. The highest BCUT2D eigenvalue weighted by Gasteiger charge is 2.36. The van der Waals surface area contributed by atoms with E-state index in [4.69, 9.17) is 14.7 Å². The van der Waals surface area contributed by atoms with Crippen LogP contribution in [-0.4, -0.2) is 34.9 Å². The predicted octanol–water partition coefficient (Wildman–Crippen LogP) is 5.25. The van der Waals surface area contributed by atoms with Gasteiger partial charge in [-0.05, 0) is 78.9 Å². The minimum atomic E-state index is -0.662. The van der Waals surface area contributed by atoms with Crippen molar-refractivity contribution < 1.29 is 19.0 Å². The van der Waals surface area contributed by atoms with Crippen LogP contribution in [0.3, 0.4) is 0 Å². The largest absolute Gasteiger partial charge is 0.490 e. The van der Waals surface area contributed by atoms with Gasteiger partial charge in [0.05, 0.1) is 11.6 Å². The van der Waals surface area contributed by atoms with E-state index < -0.39 is 11.9 Å². The number of nitrogens with zero attached hydrogens (tertiary/aromatic N) is 1. The summed E-state index contributed by atoms with van der Waals surface area (Å²) in [6, 6.07) is 19.7. The second kappa shape index (κ2) is 10.0. The Morgan fingerprint density at radius 3 is 2.78 bits per heavy atom. The number of hydrogen-bond acceptors (Lipinski definition) is 5. The standard InChI is InChI=1S/C29H28FN3O3/c1-2-29(33-17-22(34)18-35-27-5-3-4-26-24(27)10-11-32-26)14-20-7-8-23(13-21(20)15-29)36-28-9-6-19(16-31)12-25(28)30/h3-13,22,32-34H,2,14-15,17-18H2,1H3. The van der Waals surface area contributed by atoms with Gasteiger partial charge in [-0.2, -0.15) is 5.26 Å². The molecule has 3 aromatic carbocycles. The molecule has 4 aromatic rings. The lowest BCUT2D eigenvalue weighted by molar-refractivity contribution is 0.0970. The van der Waals surface area contributed by atoms with Crippen LogP contribution in [0.1, 0.15) is 30.0 Å². The average Bonchev–Trinajstić information content (AvgIpc) is 3.52. The Kier molecular flexibility index (Phi) is 6.64. The van der Waals surface area contributed by atoms with Crippen LogP contribution in [-0.2, 0) is 12.8 Å². The fourth-order valence-corrected chi connectivity index (χ4v) is 4.84. The minimum absolute atomic E-state index is 0.0882. The summed E-state index contributed by atoms with van der Waals surface area (Å²) in [5.74, 6) is 0.822. The number of rotatable bonds is 9. The van der Waals surface area contributed by atoms with E-state index in [9.17, 15) is 9.50 Å². The summed E-state index contributed by atoms with van der Waals surface area (Å²) in [6.07, 6.45) is 3.71. The number of halogens is 1. The summed E-state index contributed by atoms with van der Waals surface area (Å²) in [4.78, 5) is 3.16. The molecule has 36 heavy (non-hydrogen) atoms. The summed E-state index contributed by atoms with van der Waals surface area (Å²) < 4.78 is 25.9. The Labute approximate surface area is 209 Å². The van der Waals surface area contributed by atoms with Gasteiger partial charge in [-0.25, -0.2) is 4.39 Å². The zero-order valence-electron chi connectivity index (χ0n) is 20.1. The molecular weight excluding hydrogens is 457 g/mol. The van der Waals surface area contributed by atoms with Gasteiger partial charge in [-0.3, -0.25) is 0 Å². The molecule has 2 unspecified atom stereocenters. The van der Waals surface area contributed by atoms with Crippen LogP contribution in [0.25, 0.3) is 10.9 Å². The van der Waals surface area contributed by atoms with Crippen molar-refractivity contribution in [1.29, 1.82) is 5.26 Å². The number of hydrogen-bond donors (Lipinski definition) is 3. The van der Waals surface area contributed by atoms with Crippen molar-refractivity contribution in [2.45, 2.75) is 37.8 Å². The first-order valence-electron chi connectivity index (χ1n) is 12.1. The number of aliphatic hydroxyl groups excluding tert-OH is 1. The Balaban J connectivity index is 1.20. The molecule has 7 heteroatoms. The fraction of sp³-hybridized carbons (Fsp3) is 0.276. The molecule has 1 aliphatic carbocycles. The molecule has 1 aromatic heterocycles. The number of H-pyrrole nitrogens is 1. The molecule has 3 N–H and O–H groups in total. The first kappa shape index (κ1) is 23.9. The van der Waals surface area contributed by atoms with Crippen molar-refractivity contribution in [3.05, 3.63) is 89.4 Å². The molecule has 184 valence electrons. The third kappa shape index (κ3) is 4.92. The molecule has 0 fully saturated rings. The van der Waals surface area contributed by atoms with E-state index >= 15 is 0 Å². The lowest BCUT2D eigenvalue weighted by atomic mass is 9.92. The van der Waals surface area contributed by atoms with Crippen LogP contribution in [0.15, 0.2) is 66.9 Å². The van der Waals surface area contributed by atoms with Crippen molar-refractivity contribution in [3.8, 4) is 23.3 Å². The molecular formula is C29H28FN3O3. The summed E-state index contributed by atoms with van der Waals surface area (Å²) in [5.41, 5.74) is 3.42. The van der Waals surface area contributed by atoms with Gasteiger partial charge in [-0.15, -0.1) is 0 Å². The maximum Gasteiger partial charge on any atom is 0.167 e. The Bertz CT molecular complexity index is 1430. The van der Waals surface area contributed by atoms with Gasteiger partial charge in [-0.1, -0.05) is 19.1 Å². The van der Waals surface area contributed by atoms with Crippen molar-refractivity contribution in [2.75, 3.05) is 13.2 Å². The van der Waals surface area contributed by atoms with Gasteiger partial charge < -0.3 is 24.9 Å². The maximum atomic E-state index is 14.3. The van der Waals surface area contributed by atoms with Crippen LogP contribution in [0.5, 0.6) is 17.2 Å². The second-order valence-electron chi connectivity index (χ2n) is 9.32. The molecule has 0 saturated heterocycles. The number of fused-ring (bicyclic) bond motifs is 2. The van der Waals surface area contributed by atoms with E-state index in [2.05, 4.69) is 17.2 Å². The van der Waals surface area contributed by atoms with Crippen molar-refractivity contribution in [2.24, 2.45) is 0 Å². The highest BCUT2D eigenvalue weighted by atomic mass is 19.1. The van der Waals surface area contributed by atoms with E-state index in [-0.39, 0.29) is 23.5 Å². The van der Waals surface area contributed by atoms with E-state index in [1.165, 1.54) is 23.8 Å². The number of aromatic amines is 1. The van der Waals surface area contributed by atoms with E-state index in [0.717, 1.165) is 41.5 Å².